The van der Waals surface area contributed by atoms with Crippen molar-refractivity contribution in [2.75, 3.05) is 30.7 Å². The van der Waals surface area contributed by atoms with Crippen LogP contribution in [0.25, 0.3) is 0 Å². The van der Waals surface area contributed by atoms with Gasteiger partial charge in [-0.15, -0.1) is 0 Å². The number of nitrogens with zero attached hydrogens (tertiary/aromatic N) is 4. The van der Waals surface area contributed by atoms with Gasteiger partial charge in [0.15, 0.2) is 5.78 Å². The molecule has 1 unspecified atom stereocenters. The van der Waals surface area contributed by atoms with E-state index in [0.29, 0.717) is 25.3 Å². The van der Waals surface area contributed by atoms with Crippen LogP contribution in [0.1, 0.15) is 23.2 Å². The molecule has 30 heavy (non-hydrogen) atoms. The van der Waals surface area contributed by atoms with Crippen LogP contribution in [-0.4, -0.2) is 50.3 Å². The molecule has 0 radical (unpaired) electrons. The van der Waals surface area contributed by atoms with Gasteiger partial charge in [-0.2, -0.15) is 0 Å². The first-order chi connectivity index (χ1) is 14.2. The number of carbonyl (C=O) groups excluding carboxylic acids is 2. The molecule has 160 valence electrons. The molecule has 11 heteroatoms. The minimum absolute atomic E-state index is 0.0576. The highest BCUT2D eigenvalue weighted by atomic mass is 79.9. The molecule has 1 aliphatic rings. The van der Waals surface area contributed by atoms with Gasteiger partial charge in [-0.25, -0.2) is 9.78 Å². The summed E-state index contributed by atoms with van der Waals surface area (Å²) in [6.45, 7) is 0.941. The number of Topliss-reactive ketones (excluding diaryl/α,β-unsaturated/α-hetero) is 1. The summed E-state index contributed by atoms with van der Waals surface area (Å²) in [5.74, 6) is -0.644. The summed E-state index contributed by atoms with van der Waals surface area (Å²) in [5.41, 5.74) is 4.36. The van der Waals surface area contributed by atoms with E-state index < -0.39 is 17.0 Å². The standard InChI is InChI=1S/C19H23BrN6O4/c1-24-16(21)15(18(29)25(2)19(24)30)13(27)10-26-7-3-4-11(9-26)17(28)23-14-6-5-12(20)8-22-14/h5-6,8,11H,3-4,7,9-10,21H2,1-2H3,(H,22,23,28). The molecule has 3 rings (SSSR count). The maximum absolute atomic E-state index is 12.8. The van der Waals surface area contributed by atoms with Crippen LogP contribution in [0.5, 0.6) is 0 Å². The highest BCUT2D eigenvalue weighted by Crippen LogP contribution is 2.19. The molecule has 1 saturated heterocycles. The Hall–Kier alpha value is -2.79. The summed E-state index contributed by atoms with van der Waals surface area (Å²) in [6, 6.07) is 3.48. The van der Waals surface area contributed by atoms with Crippen molar-refractivity contribution >= 4 is 39.3 Å². The van der Waals surface area contributed by atoms with Gasteiger partial charge in [0.2, 0.25) is 5.91 Å². The predicted molar refractivity (Wildman–Crippen MR) is 115 cm³/mol. The number of likely N-dealkylation sites (tertiary alicyclic amines) is 1. The van der Waals surface area contributed by atoms with E-state index in [-0.39, 0.29) is 29.8 Å². The number of ketones is 1. The van der Waals surface area contributed by atoms with E-state index in [0.717, 1.165) is 20.0 Å². The second-order valence-corrected chi connectivity index (χ2v) is 8.23. The first kappa shape index (κ1) is 21.9. The Kier molecular flexibility index (Phi) is 6.52. The second-order valence-electron chi connectivity index (χ2n) is 7.31. The van der Waals surface area contributed by atoms with Crippen molar-refractivity contribution in [3.05, 3.63) is 49.2 Å². The zero-order valence-electron chi connectivity index (χ0n) is 16.7. The van der Waals surface area contributed by atoms with E-state index in [1.807, 2.05) is 4.90 Å². The zero-order valence-corrected chi connectivity index (χ0v) is 18.3. The number of hydrogen-bond acceptors (Lipinski definition) is 7. The Morgan fingerprint density at radius 1 is 1.27 bits per heavy atom. The van der Waals surface area contributed by atoms with Crippen LogP contribution in [0.15, 0.2) is 32.4 Å². The van der Waals surface area contributed by atoms with E-state index in [4.69, 9.17) is 5.73 Å². The van der Waals surface area contributed by atoms with Gasteiger partial charge < -0.3 is 11.1 Å². The lowest BCUT2D eigenvalue weighted by atomic mass is 9.96. The van der Waals surface area contributed by atoms with E-state index in [1.54, 1.807) is 18.3 Å². The van der Waals surface area contributed by atoms with E-state index in [1.165, 1.54) is 14.1 Å². The topological polar surface area (TPSA) is 132 Å². The van der Waals surface area contributed by atoms with E-state index >= 15 is 0 Å². The van der Waals surface area contributed by atoms with Gasteiger partial charge in [0, 0.05) is 31.3 Å². The van der Waals surface area contributed by atoms with Crippen molar-refractivity contribution < 1.29 is 9.59 Å². The number of carbonyl (C=O) groups is 2. The number of nitrogens with two attached hydrogens (primary N) is 1. The second kappa shape index (κ2) is 8.92. The van der Waals surface area contributed by atoms with Gasteiger partial charge in [-0.05, 0) is 47.4 Å². The molecule has 2 aromatic heterocycles. The fourth-order valence-electron chi connectivity index (χ4n) is 3.50. The average molecular weight is 479 g/mol. The quantitative estimate of drug-likeness (QED) is 0.592. The minimum atomic E-state index is -0.715. The summed E-state index contributed by atoms with van der Waals surface area (Å²) >= 11 is 3.30. The first-order valence-electron chi connectivity index (χ1n) is 9.42. The van der Waals surface area contributed by atoms with Gasteiger partial charge in [-0.3, -0.25) is 28.4 Å². The van der Waals surface area contributed by atoms with Crippen molar-refractivity contribution in [2.24, 2.45) is 20.0 Å². The smallest absolute Gasteiger partial charge is 0.332 e. The minimum Gasteiger partial charge on any atom is -0.384 e. The molecule has 1 aliphatic heterocycles. The third-order valence-electron chi connectivity index (χ3n) is 5.21. The van der Waals surface area contributed by atoms with Gasteiger partial charge in [0.25, 0.3) is 5.56 Å². The zero-order chi connectivity index (χ0) is 22.0. The predicted octanol–water partition coefficient (Wildman–Crippen LogP) is 0.357. The number of nitrogen functional groups attached to an aromatic ring is 1. The van der Waals surface area contributed by atoms with Gasteiger partial charge in [0.1, 0.15) is 17.2 Å². The van der Waals surface area contributed by atoms with Crippen molar-refractivity contribution in [3.8, 4) is 0 Å². The number of nitrogens with one attached hydrogen (secondary N) is 1. The highest BCUT2D eigenvalue weighted by molar-refractivity contribution is 9.10. The molecule has 0 bridgehead atoms. The van der Waals surface area contributed by atoms with Crippen LogP contribution in [0.4, 0.5) is 11.6 Å². The van der Waals surface area contributed by atoms with Gasteiger partial charge in [-0.1, -0.05) is 0 Å². The van der Waals surface area contributed by atoms with Crippen molar-refractivity contribution in [1.29, 1.82) is 0 Å². The fourth-order valence-corrected chi connectivity index (χ4v) is 3.73. The SMILES string of the molecule is Cn1c(N)c(C(=O)CN2CCCC(C(=O)Nc3ccc(Br)cn3)C2)c(=O)n(C)c1=O. The normalized spacial score (nSPS) is 17.0. The largest absolute Gasteiger partial charge is 0.384 e. The molecule has 0 spiro atoms. The lowest BCUT2D eigenvalue weighted by Gasteiger charge is -2.31. The third-order valence-corrected chi connectivity index (χ3v) is 5.68. The number of amides is 1. The molecule has 1 amide bonds. The summed E-state index contributed by atoms with van der Waals surface area (Å²) in [5, 5.41) is 2.79. The lowest BCUT2D eigenvalue weighted by Crippen LogP contribution is -2.46. The Morgan fingerprint density at radius 2 is 2.00 bits per heavy atom. The number of hydrogen-bond donors (Lipinski definition) is 2. The molecule has 0 aromatic carbocycles. The Labute approximate surface area is 180 Å². The van der Waals surface area contributed by atoms with Crippen molar-refractivity contribution in [2.45, 2.75) is 12.8 Å². The number of piperidine rings is 1. The van der Waals surface area contributed by atoms with Gasteiger partial charge >= 0.3 is 5.69 Å². The summed E-state index contributed by atoms with van der Waals surface area (Å²) < 4.78 is 2.75. The molecule has 3 N–H and O–H groups in total. The molecule has 0 aliphatic carbocycles. The van der Waals surface area contributed by atoms with Crippen molar-refractivity contribution in [3.63, 3.8) is 0 Å². The molecular weight excluding hydrogens is 456 g/mol. The van der Waals surface area contributed by atoms with E-state index in [9.17, 15) is 19.2 Å². The summed E-state index contributed by atoms with van der Waals surface area (Å²) in [7, 11) is 2.71. The fraction of sp³-hybridized carbons (Fsp3) is 0.421. The maximum Gasteiger partial charge on any atom is 0.332 e. The highest BCUT2D eigenvalue weighted by Gasteiger charge is 2.29. The van der Waals surface area contributed by atoms with Crippen molar-refractivity contribution in [1.82, 2.24) is 19.0 Å². The molecular formula is C19H23BrN6O4. The Bertz CT molecular complexity index is 1090. The molecule has 2 aromatic rings. The van der Waals surface area contributed by atoms with Crippen LogP contribution in [-0.2, 0) is 18.9 Å². The van der Waals surface area contributed by atoms with Crippen LogP contribution < -0.4 is 22.3 Å². The third kappa shape index (κ3) is 4.51. The lowest BCUT2D eigenvalue weighted by molar-refractivity contribution is -0.121. The maximum atomic E-state index is 12.8. The molecule has 1 fully saturated rings. The number of aromatic nitrogens is 3. The Balaban J connectivity index is 1.70. The monoisotopic (exact) mass is 478 g/mol. The van der Waals surface area contributed by atoms with Crippen LogP contribution >= 0.6 is 15.9 Å². The first-order valence-corrected chi connectivity index (χ1v) is 10.2. The number of halogens is 1. The molecule has 3 heterocycles. The van der Waals surface area contributed by atoms with Crippen LogP contribution in [0, 0.1) is 5.92 Å². The van der Waals surface area contributed by atoms with Crippen LogP contribution in [0.3, 0.4) is 0 Å². The summed E-state index contributed by atoms with van der Waals surface area (Å²) in [6.07, 6.45) is 3.02. The number of rotatable bonds is 5. The molecule has 1 atom stereocenters. The average Bonchev–Trinajstić information content (AvgIpc) is 2.72. The molecule has 0 saturated carbocycles. The Morgan fingerprint density at radius 3 is 2.67 bits per heavy atom. The summed E-state index contributed by atoms with van der Waals surface area (Å²) in [4.78, 5) is 55.7. The van der Waals surface area contributed by atoms with Crippen LogP contribution in [0.2, 0.25) is 0 Å². The van der Waals surface area contributed by atoms with Gasteiger partial charge in [0.05, 0.1) is 12.5 Å². The number of anilines is 2. The van der Waals surface area contributed by atoms with E-state index in [2.05, 4.69) is 26.2 Å². The number of pyridine rings is 1. The molecule has 10 nitrogen and oxygen atoms in total.